The second-order valence-corrected chi connectivity index (χ2v) is 8.18. The monoisotopic (exact) mass is 307 g/mol. The van der Waals surface area contributed by atoms with Gasteiger partial charge in [0.25, 0.3) is 0 Å². The normalized spacial score (nSPS) is 26.0. The third-order valence-electron chi connectivity index (χ3n) is 4.74. The zero-order valence-corrected chi connectivity index (χ0v) is 14.3. The molecule has 0 radical (unpaired) electrons. The summed E-state index contributed by atoms with van der Waals surface area (Å²) >= 11 is 1.61. The molecule has 1 fully saturated rings. The van der Waals surface area contributed by atoms with Gasteiger partial charge >= 0.3 is 0 Å². The van der Waals surface area contributed by atoms with Crippen molar-refractivity contribution in [1.82, 2.24) is 9.88 Å². The van der Waals surface area contributed by atoms with Crippen LogP contribution in [0.2, 0.25) is 0 Å². The van der Waals surface area contributed by atoms with Crippen LogP contribution < -0.4 is 4.90 Å². The van der Waals surface area contributed by atoms with Crippen molar-refractivity contribution in [3.05, 3.63) is 10.6 Å². The number of carbonyl (C=O) groups is 1. The van der Waals surface area contributed by atoms with Gasteiger partial charge in [0.2, 0.25) is 0 Å². The van der Waals surface area contributed by atoms with Crippen LogP contribution in [0, 0.1) is 5.41 Å². The number of hydrogen-bond acceptors (Lipinski definition) is 5. The van der Waals surface area contributed by atoms with Gasteiger partial charge in [0.1, 0.15) is 0 Å². The van der Waals surface area contributed by atoms with Crippen LogP contribution in [-0.2, 0) is 6.42 Å². The largest absolute Gasteiger partial charge is 0.345 e. The number of Topliss-reactive ketones (excluding diaryl/α,β-unsaturated/α-hetero) is 1. The maximum atomic E-state index is 12.3. The molecule has 2 aliphatic rings. The summed E-state index contributed by atoms with van der Waals surface area (Å²) in [5, 5.41) is 1.05. The first-order chi connectivity index (χ1) is 9.89. The highest BCUT2D eigenvalue weighted by Crippen LogP contribution is 2.39. The van der Waals surface area contributed by atoms with Crippen LogP contribution in [-0.4, -0.2) is 48.4 Å². The molecule has 1 aliphatic carbocycles. The number of ketones is 1. The molecule has 1 atom stereocenters. The molecule has 0 bridgehead atoms. The van der Waals surface area contributed by atoms with Gasteiger partial charge in [0.05, 0.1) is 10.6 Å². The smallest absolute Gasteiger partial charge is 0.186 e. The molecule has 1 unspecified atom stereocenters. The lowest BCUT2D eigenvalue weighted by Crippen LogP contribution is -2.51. The van der Waals surface area contributed by atoms with Crippen molar-refractivity contribution in [3.8, 4) is 0 Å². The van der Waals surface area contributed by atoms with E-state index in [-0.39, 0.29) is 11.2 Å². The average Bonchev–Trinajstić information content (AvgIpc) is 2.82. The van der Waals surface area contributed by atoms with Crippen molar-refractivity contribution < 1.29 is 4.79 Å². The Bertz CT molecular complexity index is 552. The first-order valence-corrected chi connectivity index (χ1v) is 8.69. The number of likely N-dealkylation sites (N-methyl/N-ethyl adjacent to an activating group) is 1. The van der Waals surface area contributed by atoms with E-state index < -0.39 is 0 Å². The highest BCUT2D eigenvalue weighted by molar-refractivity contribution is 7.17. The Labute approximate surface area is 131 Å². The summed E-state index contributed by atoms with van der Waals surface area (Å²) in [5.41, 5.74) is 1.09. The van der Waals surface area contributed by atoms with Crippen LogP contribution >= 0.6 is 11.3 Å². The summed E-state index contributed by atoms with van der Waals surface area (Å²) in [7, 11) is 2.20. The maximum absolute atomic E-state index is 12.3. The van der Waals surface area contributed by atoms with E-state index in [0.29, 0.717) is 12.5 Å². The van der Waals surface area contributed by atoms with E-state index in [2.05, 4.69) is 37.6 Å². The molecular formula is C16H25N3OS. The fourth-order valence-electron chi connectivity index (χ4n) is 3.40. The Morgan fingerprint density at radius 1 is 1.33 bits per heavy atom. The van der Waals surface area contributed by atoms with Crippen LogP contribution in [0.25, 0.3) is 0 Å². The van der Waals surface area contributed by atoms with Crippen molar-refractivity contribution in [2.24, 2.45) is 5.41 Å². The lowest BCUT2D eigenvalue weighted by atomic mass is 9.78. The zero-order chi connectivity index (χ0) is 15.2. The third-order valence-corrected chi connectivity index (χ3v) is 5.94. The van der Waals surface area contributed by atoms with E-state index in [0.717, 1.165) is 48.2 Å². The number of nitrogens with zero attached hydrogens (tertiary/aromatic N) is 3. The molecule has 1 saturated heterocycles. The van der Waals surface area contributed by atoms with Gasteiger partial charge in [-0.3, -0.25) is 9.69 Å². The molecule has 1 aliphatic heterocycles. The molecule has 3 rings (SSSR count). The SMILES string of the molecule is CCC1CN(c2nc3c(s2)C(=O)CC(C)(C)C3)CCN1C. The Kier molecular flexibility index (Phi) is 3.82. The Balaban J connectivity index is 1.84. The number of rotatable bonds is 2. The van der Waals surface area contributed by atoms with Crippen LogP contribution in [0.3, 0.4) is 0 Å². The Morgan fingerprint density at radius 2 is 2.10 bits per heavy atom. The number of thiazole rings is 1. The van der Waals surface area contributed by atoms with E-state index in [4.69, 9.17) is 4.98 Å². The zero-order valence-electron chi connectivity index (χ0n) is 13.5. The van der Waals surface area contributed by atoms with Crippen LogP contribution in [0.4, 0.5) is 5.13 Å². The molecule has 0 N–H and O–H groups in total. The minimum Gasteiger partial charge on any atom is -0.345 e. The number of hydrogen-bond donors (Lipinski definition) is 0. The van der Waals surface area contributed by atoms with Gasteiger partial charge in [-0.05, 0) is 25.3 Å². The molecule has 0 saturated carbocycles. The van der Waals surface area contributed by atoms with Gasteiger partial charge in [-0.15, -0.1) is 0 Å². The first-order valence-electron chi connectivity index (χ1n) is 7.88. The molecule has 116 valence electrons. The number of fused-ring (bicyclic) bond motifs is 1. The average molecular weight is 307 g/mol. The van der Waals surface area contributed by atoms with E-state index in [1.54, 1.807) is 11.3 Å². The maximum Gasteiger partial charge on any atom is 0.186 e. The predicted molar refractivity (Wildman–Crippen MR) is 87.5 cm³/mol. The van der Waals surface area contributed by atoms with Gasteiger partial charge in [0.15, 0.2) is 10.9 Å². The van der Waals surface area contributed by atoms with Gasteiger partial charge in [-0.1, -0.05) is 32.1 Å². The Morgan fingerprint density at radius 3 is 2.81 bits per heavy atom. The minimum atomic E-state index is 0.0590. The molecule has 4 nitrogen and oxygen atoms in total. The van der Waals surface area contributed by atoms with E-state index in [1.807, 2.05) is 0 Å². The minimum absolute atomic E-state index is 0.0590. The summed E-state index contributed by atoms with van der Waals surface area (Å²) < 4.78 is 0. The molecular weight excluding hydrogens is 282 g/mol. The van der Waals surface area contributed by atoms with Crippen molar-refractivity contribution in [2.75, 3.05) is 31.6 Å². The molecule has 21 heavy (non-hydrogen) atoms. The lowest BCUT2D eigenvalue weighted by molar-refractivity contribution is 0.0916. The van der Waals surface area contributed by atoms with Gasteiger partial charge in [-0.2, -0.15) is 0 Å². The highest BCUT2D eigenvalue weighted by atomic mass is 32.1. The molecule has 5 heteroatoms. The van der Waals surface area contributed by atoms with Crippen molar-refractivity contribution in [1.29, 1.82) is 0 Å². The van der Waals surface area contributed by atoms with Crippen molar-refractivity contribution in [2.45, 2.75) is 46.1 Å². The van der Waals surface area contributed by atoms with Crippen LogP contribution in [0.1, 0.15) is 49.0 Å². The molecule has 1 aromatic heterocycles. The number of anilines is 1. The molecule has 1 aromatic rings. The fourth-order valence-corrected chi connectivity index (χ4v) is 4.46. The van der Waals surface area contributed by atoms with Crippen LogP contribution in [0.5, 0.6) is 0 Å². The molecule has 0 spiro atoms. The highest BCUT2D eigenvalue weighted by Gasteiger charge is 2.35. The van der Waals surface area contributed by atoms with Crippen molar-refractivity contribution >= 4 is 22.3 Å². The summed E-state index contributed by atoms with van der Waals surface area (Å²) in [6.07, 6.45) is 2.74. The lowest BCUT2D eigenvalue weighted by Gasteiger charge is -2.39. The van der Waals surface area contributed by atoms with Crippen molar-refractivity contribution in [3.63, 3.8) is 0 Å². The fraction of sp³-hybridized carbons (Fsp3) is 0.750. The summed E-state index contributed by atoms with van der Waals surface area (Å²) in [4.78, 5) is 22.8. The summed E-state index contributed by atoms with van der Waals surface area (Å²) in [6, 6.07) is 0.590. The van der Waals surface area contributed by atoms with E-state index in [9.17, 15) is 4.79 Å². The second-order valence-electron chi connectivity index (χ2n) is 7.20. The van der Waals surface area contributed by atoms with E-state index >= 15 is 0 Å². The number of carbonyl (C=O) groups excluding carboxylic acids is 1. The predicted octanol–water partition coefficient (Wildman–Crippen LogP) is 2.83. The molecule has 2 heterocycles. The third kappa shape index (κ3) is 2.86. The summed E-state index contributed by atoms with van der Waals surface area (Å²) in [5.74, 6) is 0.283. The standard InChI is InChI=1S/C16H25N3OS/c1-5-11-10-19(7-6-18(11)4)15-17-12-8-16(2,3)9-13(20)14(12)21-15/h11H,5-10H2,1-4H3. The number of aromatic nitrogens is 1. The van der Waals surface area contributed by atoms with Crippen LogP contribution in [0.15, 0.2) is 0 Å². The molecule has 0 aromatic carbocycles. The Hall–Kier alpha value is -0.940. The van der Waals surface area contributed by atoms with Gasteiger partial charge in [0, 0.05) is 32.1 Å². The van der Waals surface area contributed by atoms with E-state index in [1.165, 1.54) is 0 Å². The summed E-state index contributed by atoms with van der Waals surface area (Å²) in [6.45, 7) is 9.67. The van der Waals surface area contributed by atoms with Gasteiger partial charge in [-0.25, -0.2) is 4.98 Å². The van der Waals surface area contributed by atoms with Gasteiger partial charge < -0.3 is 4.90 Å². The number of piperazine rings is 1. The quantitative estimate of drug-likeness (QED) is 0.842. The topological polar surface area (TPSA) is 36.4 Å². The first kappa shape index (κ1) is 15.0. The molecule has 0 amide bonds. The second kappa shape index (κ2) is 5.36.